The number of ether oxygens (including phenoxy) is 4. The maximum Gasteiger partial charge on any atom is 0.346 e. The first-order valence-corrected chi connectivity index (χ1v) is 25.1. The van der Waals surface area contributed by atoms with Crippen LogP contribution in [0.3, 0.4) is 0 Å². The van der Waals surface area contributed by atoms with E-state index >= 15 is 0 Å². The molecular weight excluding hydrogens is 923 g/mol. The fraction of sp³-hybridized carbons (Fsp3) is 0.167. The SMILES string of the molecule is CCCCCCc1cc(/C=C(/C#N)C(=O)O)sc1-c1ccc(C=C2c3ccc(N(c4ccc(OC)cc4)c4ccc(OC)cc4)cc3-c3cc(N(c4ccc(OC)cc4)c4ccc(OC)cc4)ccc32)s1. The molecule has 71 heavy (non-hydrogen) atoms. The molecule has 2 aromatic heterocycles. The van der Waals surface area contributed by atoms with Crippen molar-refractivity contribution < 1.29 is 28.8 Å². The first-order chi connectivity index (χ1) is 34.7. The van der Waals surface area contributed by atoms with Gasteiger partial charge in [-0.15, -0.1) is 22.7 Å². The maximum atomic E-state index is 11.8. The summed E-state index contributed by atoms with van der Waals surface area (Å²) < 4.78 is 22.2. The second-order valence-corrected chi connectivity index (χ2v) is 19.2. The number of carboxylic acids is 1. The molecule has 0 saturated heterocycles. The molecule has 356 valence electrons. The zero-order valence-corrected chi connectivity index (χ0v) is 41.9. The number of thiophene rings is 2. The minimum atomic E-state index is -1.23. The van der Waals surface area contributed by atoms with Gasteiger partial charge in [-0.1, -0.05) is 38.3 Å². The molecule has 0 saturated carbocycles. The highest BCUT2D eigenvalue weighted by atomic mass is 32.1. The number of carboxylic acid groups (broad SMARTS) is 1. The van der Waals surface area contributed by atoms with E-state index in [9.17, 15) is 15.2 Å². The number of unbranched alkanes of at least 4 members (excludes halogenated alkanes) is 3. The van der Waals surface area contributed by atoms with Gasteiger partial charge in [0.05, 0.1) is 28.4 Å². The van der Waals surface area contributed by atoms with Gasteiger partial charge in [-0.25, -0.2) is 4.79 Å². The first kappa shape index (κ1) is 48.0. The van der Waals surface area contributed by atoms with Gasteiger partial charge in [0, 0.05) is 53.6 Å². The number of carbonyl (C=O) groups is 1. The van der Waals surface area contributed by atoms with E-state index in [4.69, 9.17) is 18.9 Å². The molecule has 0 bridgehead atoms. The van der Waals surface area contributed by atoms with Crippen LogP contribution in [0.25, 0.3) is 38.6 Å². The second kappa shape index (κ2) is 21.7. The van der Waals surface area contributed by atoms with E-state index in [2.05, 4.69) is 126 Å². The zero-order chi connectivity index (χ0) is 49.4. The Hall–Kier alpha value is -8.04. The molecule has 0 radical (unpaired) electrons. The molecule has 8 aromatic rings. The smallest absolute Gasteiger partial charge is 0.346 e. The molecule has 0 amide bonds. The predicted molar refractivity (Wildman–Crippen MR) is 291 cm³/mol. The monoisotopic (exact) mass is 975 g/mol. The highest BCUT2D eigenvalue weighted by Crippen LogP contribution is 2.51. The molecule has 1 N–H and O–H groups in total. The summed E-state index contributed by atoms with van der Waals surface area (Å²) in [5, 5.41) is 19.2. The number of fused-ring (bicyclic) bond motifs is 3. The molecule has 6 aromatic carbocycles. The van der Waals surface area contributed by atoms with Gasteiger partial charge in [0.15, 0.2) is 0 Å². The molecule has 9 nitrogen and oxygen atoms in total. The Bertz CT molecular complexity index is 3030. The van der Waals surface area contributed by atoms with Crippen LogP contribution in [0.1, 0.15) is 59.1 Å². The van der Waals surface area contributed by atoms with Crippen LogP contribution < -0.4 is 28.7 Å². The number of hydrogen-bond donors (Lipinski definition) is 1. The van der Waals surface area contributed by atoms with E-state index in [-0.39, 0.29) is 5.57 Å². The molecule has 1 aliphatic rings. The van der Waals surface area contributed by atoms with E-state index in [0.717, 1.165) is 137 Å². The summed E-state index contributed by atoms with van der Waals surface area (Å²) in [6, 6.07) is 54.1. The van der Waals surface area contributed by atoms with Crippen LogP contribution in [0.15, 0.2) is 157 Å². The number of benzene rings is 6. The average Bonchev–Trinajstić information content (AvgIpc) is 4.13. The number of methoxy groups -OCH3 is 4. The lowest BCUT2D eigenvalue weighted by Crippen LogP contribution is -2.10. The van der Waals surface area contributed by atoms with Crippen LogP contribution in [0.5, 0.6) is 23.0 Å². The minimum absolute atomic E-state index is 0.274. The van der Waals surface area contributed by atoms with Crippen LogP contribution in [-0.4, -0.2) is 39.5 Å². The molecule has 0 unspecified atom stereocenters. The summed E-state index contributed by atoms with van der Waals surface area (Å²) in [4.78, 5) is 20.4. The summed E-state index contributed by atoms with van der Waals surface area (Å²) in [5.41, 5.74) is 12.3. The predicted octanol–water partition coefficient (Wildman–Crippen LogP) is 16.1. The van der Waals surface area contributed by atoms with Crippen molar-refractivity contribution in [2.45, 2.75) is 39.0 Å². The van der Waals surface area contributed by atoms with Gasteiger partial charge in [-0.3, -0.25) is 0 Å². The molecule has 2 heterocycles. The van der Waals surface area contributed by atoms with Gasteiger partial charge in [-0.05, 0) is 198 Å². The van der Waals surface area contributed by atoms with Crippen molar-refractivity contribution in [2.75, 3.05) is 38.2 Å². The van der Waals surface area contributed by atoms with Gasteiger partial charge >= 0.3 is 5.97 Å². The highest BCUT2D eigenvalue weighted by Gasteiger charge is 2.28. The number of nitriles is 1. The summed E-state index contributed by atoms with van der Waals surface area (Å²) >= 11 is 3.26. The van der Waals surface area contributed by atoms with Crippen molar-refractivity contribution in [1.29, 1.82) is 5.26 Å². The Labute approximate surface area is 423 Å². The van der Waals surface area contributed by atoms with Crippen LogP contribution in [0, 0.1) is 11.3 Å². The molecule has 0 aliphatic heterocycles. The first-order valence-electron chi connectivity index (χ1n) is 23.5. The molecule has 0 spiro atoms. The Balaban J connectivity index is 1.20. The molecule has 0 atom stereocenters. The third-order valence-electron chi connectivity index (χ3n) is 12.6. The van der Waals surface area contributed by atoms with Gasteiger partial charge in [0.1, 0.15) is 34.6 Å². The standard InChI is InChI=1S/C60H53N3O6S2/c1-6-7-8-9-10-39-33-52(34-40(38-61)60(64)65)71-59(39)58-32-29-51(70-58)37-57-53-30-19-45(62(41-11-21-47(66-2)22-12-41)42-13-23-48(67-3)24-14-42)35-55(53)56-36-46(20-31-54(56)57)63(43-15-25-49(68-4)26-16-43)44-17-27-50(69-5)28-18-44/h11-37H,6-10H2,1-5H3,(H,64,65)/b40-34-. The topological polar surface area (TPSA) is 104 Å². The number of nitrogens with zero attached hydrogens (tertiary/aromatic N) is 3. The Kier molecular flexibility index (Phi) is 14.7. The highest BCUT2D eigenvalue weighted by molar-refractivity contribution is 7.23. The van der Waals surface area contributed by atoms with E-state index in [0.29, 0.717) is 0 Å². The number of rotatable bonds is 19. The third-order valence-corrected chi connectivity index (χ3v) is 15.0. The lowest BCUT2D eigenvalue weighted by molar-refractivity contribution is -0.132. The number of anilines is 6. The van der Waals surface area contributed by atoms with E-state index in [1.54, 1.807) is 51.1 Å². The lowest BCUT2D eigenvalue weighted by Gasteiger charge is -2.27. The van der Waals surface area contributed by atoms with Crippen molar-refractivity contribution >= 4 is 80.5 Å². The van der Waals surface area contributed by atoms with Crippen molar-refractivity contribution in [3.05, 3.63) is 184 Å². The number of aryl methyl sites for hydroxylation is 1. The second-order valence-electron chi connectivity index (χ2n) is 17.0. The van der Waals surface area contributed by atoms with Crippen LogP contribution in [0.4, 0.5) is 34.1 Å². The molecule has 9 rings (SSSR count). The average molecular weight is 976 g/mol. The summed E-state index contributed by atoms with van der Waals surface area (Å²) in [5.74, 6) is 1.87. The Morgan fingerprint density at radius 1 is 0.549 bits per heavy atom. The number of aliphatic carboxylic acids is 1. The van der Waals surface area contributed by atoms with Gasteiger partial charge in [0.25, 0.3) is 0 Å². The van der Waals surface area contributed by atoms with Crippen LogP contribution >= 0.6 is 22.7 Å². The van der Waals surface area contributed by atoms with Crippen LogP contribution in [0.2, 0.25) is 0 Å². The largest absolute Gasteiger partial charge is 0.497 e. The Morgan fingerprint density at radius 2 is 1.00 bits per heavy atom. The quantitative estimate of drug-likeness (QED) is 0.0482. The van der Waals surface area contributed by atoms with Crippen LogP contribution in [-0.2, 0) is 11.2 Å². The zero-order valence-electron chi connectivity index (χ0n) is 40.3. The summed E-state index contributed by atoms with van der Waals surface area (Å²) in [6.45, 7) is 2.20. The summed E-state index contributed by atoms with van der Waals surface area (Å²) in [7, 11) is 6.70. The van der Waals surface area contributed by atoms with Crippen molar-refractivity contribution in [3.63, 3.8) is 0 Å². The third kappa shape index (κ3) is 10.3. The number of hydrogen-bond acceptors (Lipinski definition) is 10. The minimum Gasteiger partial charge on any atom is -0.497 e. The molecule has 1 aliphatic carbocycles. The summed E-state index contributed by atoms with van der Waals surface area (Å²) in [6.07, 6.45) is 9.12. The van der Waals surface area contributed by atoms with Crippen molar-refractivity contribution in [2.24, 2.45) is 0 Å². The molecule has 11 heteroatoms. The molecule has 0 fully saturated rings. The van der Waals surface area contributed by atoms with E-state index < -0.39 is 5.97 Å². The van der Waals surface area contributed by atoms with E-state index in [1.807, 2.05) is 54.6 Å². The van der Waals surface area contributed by atoms with Crippen molar-refractivity contribution in [3.8, 4) is 49.9 Å². The van der Waals surface area contributed by atoms with Gasteiger partial charge < -0.3 is 33.9 Å². The van der Waals surface area contributed by atoms with E-state index in [1.165, 1.54) is 11.6 Å². The Morgan fingerprint density at radius 3 is 1.41 bits per heavy atom. The fourth-order valence-corrected chi connectivity index (χ4v) is 11.3. The molecular formula is C60H53N3O6S2. The lowest BCUT2D eigenvalue weighted by atomic mass is 10.0. The van der Waals surface area contributed by atoms with Gasteiger partial charge in [-0.2, -0.15) is 5.26 Å². The maximum absolute atomic E-state index is 11.8. The fourth-order valence-electron chi connectivity index (χ4n) is 9.01. The van der Waals surface area contributed by atoms with Gasteiger partial charge in [0.2, 0.25) is 0 Å². The normalized spacial score (nSPS) is 11.6. The van der Waals surface area contributed by atoms with Crippen molar-refractivity contribution in [1.82, 2.24) is 0 Å².